The molecule has 2 N–H and O–H groups in total. The number of carbonyl (C=O) groups excluding carboxylic acids is 1. The Morgan fingerprint density at radius 2 is 2.19 bits per heavy atom. The van der Waals surface area contributed by atoms with Crippen molar-refractivity contribution in [2.24, 2.45) is 0 Å². The Hall–Kier alpha value is -1.51. The zero-order valence-electron chi connectivity index (χ0n) is 10.1. The summed E-state index contributed by atoms with van der Waals surface area (Å²) in [5, 5.41) is 0. The van der Waals surface area contributed by atoms with E-state index in [2.05, 4.69) is 0 Å². The first-order chi connectivity index (χ1) is 7.52. The lowest BCUT2D eigenvalue weighted by Crippen LogP contribution is -2.16. The molecule has 0 bridgehead atoms. The average Bonchev–Trinajstić information content (AvgIpc) is 2.22. The lowest BCUT2D eigenvalue weighted by atomic mass is 10.1. The van der Waals surface area contributed by atoms with Crippen molar-refractivity contribution < 1.29 is 9.53 Å². The average molecular weight is 221 g/mol. The van der Waals surface area contributed by atoms with Crippen molar-refractivity contribution in [3.8, 4) is 0 Å². The van der Waals surface area contributed by atoms with Crippen LogP contribution in [0.1, 0.15) is 31.4 Å². The molecule has 0 unspecified atom stereocenters. The minimum absolute atomic E-state index is 0.0285. The predicted molar refractivity (Wildman–Crippen MR) is 65.1 cm³/mol. The Labute approximate surface area is 96.6 Å². The molecule has 0 spiro atoms. The van der Waals surface area contributed by atoms with Crippen LogP contribution in [0.4, 0.5) is 5.69 Å². The van der Waals surface area contributed by atoms with E-state index in [0.29, 0.717) is 5.69 Å². The molecule has 1 atom stereocenters. The summed E-state index contributed by atoms with van der Waals surface area (Å²) in [6, 6.07) is 5.69. The van der Waals surface area contributed by atoms with E-state index in [-0.39, 0.29) is 18.5 Å². The van der Waals surface area contributed by atoms with E-state index in [9.17, 15) is 4.79 Å². The second-order valence-corrected chi connectivity index (χ2v) is 4.09. The number of carbonyl (C=O) groups is 1. The Bertz CT molecular complexity index is 374. The third-order valence-corrected chi connectivity index (χ3v) is 2.54. The van der Waals surface area contributed by atoms with Gasteiger partial charge >= 0.3 is 5.97 Å². The highest BCUT2D eigenvalue weighted by molar-refractivity contribution is 5.75. The Balaban J connectivity index is 2.63. The van der Waals surface area contributed by atoms with Crippen molar-refractivity contribution in [1.29, 1.82) is 0 Å². The van der Waals surface area contributed by atoms with Crippen molar-refractivity contribution >= 4 is 11.7 Å². The van der Waals surface area contributed by atoms with E-state index in [1.807, 2.05) is 39.0 Å². The van der Waals surface area contributed by atoms with Gasteiger partial charge in [0.25, 0.3) is 0 Å². The topological polar surface area (TPSA) is 52.3 Å². The van der Waals surface area contributed by atoms with Crippen molar-refractivity contribution in [1.82, 2.24) is 0 Å². The van der Waals surface area contributed by atoms with Crippen molar-refractivity contribution in [2.45, 2.75) is 39.7 Å². The SMILES string of the molecule is CC[C@H](C)OC(=O)Cc1ccc(C)cc1N. The first-order valence-corrected chi connectivity index (χ1v) is 5.57. The molecule has 3 heteroatoms. The number of aryl methyl sites for hydroxylation is 1. The highest BCUT2D eigenvalue weighted by Crippen LogP contribution is 2.15. The van der Waals surface area contributed by atoms with Crippen LogP contribution in [0.25, 0.3) is 0 Å². The zero-order valence-corrected chi connectivity index (χ0v) is 10.1. The van der Waals surface area contributed by atoms with Crippen LogP contribution in [0.15, 0.2) is 18.2 Å². The quantitative estimate of drug-likeness (QED) is 0.627. The van der Waals surface area contributed by atoms with E-state index < -0.39 is 0 Å². The number of nitrogens with two attached hydrogens (primary N) is 1. The maximum absolute atomic E-state index is 11.5. The van der Waals surface area contributed by atoms with Gasteiger partial charge in [-0.15, -0.1) is 0 Å². The van der Waals surface area contributed by atoms with Crippen LogP contribution < -0.4 is 5.73 Å². The summed E-state index contributed by atoms with van der Waals surface area (Å²) >= 11 is 0. The van der Waals surface area contributed by atoms with Gasteiger partial charge in [0.15, 0.2) is 0 Å². The molecule has 0 saturated carbocycles. The molecule has 0 heterocycles. The molecule has 0 fully saturated rings. The van der Waals surface area contributed by atoms with E-state index in [1.165, 1.54) is 0 Å². The van der Waals surface area contributed by atoms with E-state index in [0.717, 1.165) is 17.5 Å². The predicted octanol–water partition coefficient (Wildman–Crippen LogP) is 2.46. The highest BCUT2D eigenvalue weighted by Gasteiger charge is 2.10. The lowest BCUT2D eigenvalue weighted by molar-refractivity contribution is -0.147. The molecule has 1 aromatic carbocycles. The number of esters is 1. The molecule has 0 saturated heterocycles. The van der Waals surface area contributed by atoms with Crippen LogP contribution in [-0.2, 0) is 16.0 Å². The normalized spacial score (nSPS) is 12.2. The summed E-state index contributed by atoms with van der Waals surface area (Å²) < 4.78 is 5.19. The summed E-state index contributed by atoms with van der Waals surface area (Å²) in [7, 11) is 0. The minimum Gasteiger partial charge on any atom is -0.462 e. The number of nitrogen functional groups attached to an aromatic ring is 1. The number of ether oxygens (including phenoxy) is 1. The second-order valence-electron chi connectivity index (χ2n) is 4.09. The summed E-state index contributed by atoms with van der Waals surface area (Å²) in [4.78, 5) is 11.5. The highest BCUT2D eigenvalue weighted by atomic mass is 16.5. The van der Waals surface area contributed by atoms with E-state index >= 15 is 0 Å². The summed E-state index contributed by atoms with van der Waals surface area (Å²) in [5.41, 5.74) is 8.41. The molecule has 0 aliphatic carbocycles. The molecule has 0 amide bonds. The molecule has 16 heavy (non-hydrogen) atoms. The standard InChI is InChI=1S/C13H19NO2/c1-4-10(3)16-13(15)8-11-6-5-9(2)7-12(11)14/h5-7,10H,4,8,14H2,1-3H3/t10-/m0/s1. The first-order valence-electron chi connectivity index (χ1n) is 5.57. The van der Waals surface area contributed by atoms with Gasteiger partial charge in [-0.25, -0.2) is 0 Å². The Kier molecular flexibility index (Phi) is 4.35. The van der Waals surface area contributed by atoms with E-state index in [1.54, 1.807) is 0 Å². The van der Waals surface area contributed by atoms with Crippen LogP contribution in [-0.4, -0.2) is 12.1 Å². The van der Waals surface area contributed by atoms with E-state index in [4.69, 9.17) is 10.5 Å². The Morgan fingerprint density at radius 1 is 1.50 bits per heavy atom. The maximum Gasteiger partial charge on any atom is 0.310 e. The monoisotopic (exact) mass is 221 g/mol. The fourth-order valence-corrected chi connectivity index (χ4v) is 1.38. The Morgan fingerprint density at radius 3 is 2.75 bits per heavy atom. The minimum atomic E-state index is -0.218. The fraction of sp³-hybridized carbons (Fsp3) is 0.462. The van der Waals surface area contributed by atoms with Gasteiger partial charge in [0.1, 0.15) is 0 Å². The van der Waals surface area contributed by atoms with Gasteiger partial charge in [-0.1, -0.05) is 19.1 Å². The van der Waals surface area contributed by atoms with Gasteiger partial charge in [-0.2, -0.15) is 0 Å². The molecular weight excluding hydrogens is 202 g/mol. The van der Waals surface area contributed by atoms with Crippen molar-refractivity contribution in [3.05, 3.63) is 29.3 Å². The lowest BCUT2D eigenvalue weighted by Gasteiger charge is -2.11. The third kappa shape index (κ3) is 3.57. The third-order valence-electron chi connectivity index (χ3n) is 2.54. The van der Waals surface area contributed by atoms with Gasteiger partial charge in [-0.3, -0.25) is 4.79 Å². The second kappa shape index (κ2) is 5.54. The summed E-state index contributed by atoms with van der Waals surface area (Å²) in [6.07, 6.45) is 1.05. The molecule has 0 aromatic heterocycles. The molecular formula is C13H19NO2. The molecule has 0 aliphatic rings. The smallest absolute Gasteiger partial charge is 0.310 e. The summed E-state index contributed by atoms with van der Waals surface area (Å²) in [6.45, 7) is 5.84. The molecule has 88 valence electrons. The van der Waals surface area contributed by atoms with Gasteiger partial charge in [-0.05, 0) is 37.5 Å². The molecule has 3 nitrogen and oxygen atoms in total. The largest absolute Gasteiger partial charge is 0.462 e. The van der Waals surface area contributed by atoms with Gasteiger partial charge in [0.2, 0.25) is 0 Å². The number of hydrogen-bond acceptors (Lipinski definition) is 3. The number of rotatable bonds is 4. The fourth-order valence-electron chi connectivity index (χ4n) is 1.38. The first kappa shape index (κ1) is 12.6. The van der Waals surface area contributed by atoms with Crippen LogP contribution >= 0.6 is 0 Å². The van der Waals surface area contributed by atoms with Crippen LogP contribution in [0.5, 0.6) is 0 Å². The number of hydrogen-bond donors (Lipinski definition) is 1. The maximum atomic E-state index is 11.5. The van der Waals surface area contributed by atoms with Gasteiger partial charge in [0.05, 0.1) is 12.5 Å². The summed E-state index contributed by atoms with van der Waals surface area (Å²) in [5.74, 6) is -0.218. The van der Waals surface area contributed by atoms with Crippen LogP contribution in [0.3, 0.4) is 0 Å². The van der Waals surface area contributed by atoms with Crippen molar-refractivity contribution in [2.75, 3.05) is 5.73 Å². The van der Waals surface area contributed by atoms with Crippen molar-refractivity contribution in [3.63, 3.8) is 0 Å². The molecule has 1 rings (SSSR count). The molecule has 1 aromatic rings. The number of benzene rings is 1. The van der Waals surface area contributed by atoms with Crippen LogP contribution in [0, 0.1) is 6.92 Å². The molecule has 0 radical (unpaired) electrons. The van der Waals surface area contributed by atoms with Crippen LogP contribution in [0.2, 0.25) is 0 Å². The van der Waals surface area contributed by atoms with Gasteiger partial charge in [0, 0.05) is 5.69 Å². The zero-order chi connectivity index (χ0) is 12.1. The number of anilines is 1. The van der Waals surface area contributed by atoms with Gasteiger partial charge < -0.3 is 10.5 Å². The molecule has 0 aliphatic heterocycles.